The van der Waals surface area contributed by atoms with Gasteiger partial charge in [-0.15, -0.1) is 34.2 Å². The first kappa shape index (κ1) is 22.8. The van der Waals surface area contributed by atoms with Crippen LogP contribution in [0.15, 0.2) is 53.7 Å². The molecule has 3 aromatic rings. The molecule has 7 nitrogen and oxygen atoms in total. The predicted molar refractivity (Wildman–Crippen MR) is 118 cm³/mol. The van der Waals surface area contributed by atoms with Crippen LogP contribution in [0.25, 0.3) is 5.65 Å². The molecule has 0 spiro atoms. The Kier molecular flexibility index (Phi) is 8.55. The minimum absolute atomic E-state index is 0. The zero-order chi connectivity index (χ0) is 19.9. The van der Waals surface area contributed by atoms with Crippen molar-refractivity contribution < 1.29 is 13.5 Å². The van der Waals surface area contributed by atoms with E-state index in [9.17, 15) is 8.78 Å². The molecule has 0 saturated carbocycles. The van der Waals surface area contributed by atoms with Crippen molar-refractivity contribution in [2.24, 2.45) is 4.99 Å². The average molecular weight is 516 g/mol. The van der Waals surface area contributed by atoms with Crippen molar-refractivity contribution in [3.05, 3.63) is 60.0 Å². The average Bonchev–Trinajstić information content (AvgIpc) is 3.09. The van der Waals surface area contributed by atoms with Crippen LogP contribution in [0.5, 0.6) is 5.75 Å². The lowest BCUT2D eigenvalue weighted by Crippen LogP contribution is -2.39. The van der Waals surface area contributed by atoms with Gasteiger partial charge in [-0.05, 0) is 29.8 Å². The lowest BCUT2D eigenvalue weighted by Gasteiger charge is -2.22. The van der Waals surface area contributed by atoms with E-state index >= 15 is 0 Å². The Morgan fingerprint density at radius 2 is 1.97 bits per heavy atom. The summed E-state index contributed by atoms with van der Waals surface area (Å²) < 4.78 is 30.8. The summed E-state index contributed by atoms with van der Waals surface area (Å²) in [7, 11) is 3.62. The molecule has 0 radical (unpaired) electrons. The van der Waals surface area contributed by atoms with Gasteiger partial charge in [0, 0.05) is 39.8 Å². The van der Waals surface area contributed by atoms with Crippen molar-refractivity contribution in [2.75, 3.05) is 20.6 Å². The first-order valence-corrected chi connectivity index (χ1v) is 8.81. The Bertz CT molecular complexity index is 932. The number of nitrogens with zero attached hydrogens (tertiary/aromatic N) is 5. The SMILES string of the molecule is CN=C(NCCc1nnc2ccccn12)N(C)Cc1ccc(OC(F)F)cc1.I. The van der Waals surface area contributed by atoms with Crippen LogP contribution in [0.4, 0.5) is 8.78 Å². The monoisotopic (exact) mass is 516 g/mol. The number of aliphatic imine (C=N–C) groups is 1. The van der Waals surface area contributed by atoms with E-state index in [-0.39, 0.29) is 29.7 Å². The van der Waals surface area contributed by atoms with Crippen molar-refractivity contribution in [1.29, 1.82) is 0 Å². The van der Waals surface area contributed by atoms with Crippen LogP contribution in [-0.2, 0) is 13.0 Å². The molecule has 2 heterocycles. The molecule has 0 bridgehead atoms. The number of guanidine groups is 1. The second-order valence-electron chi connectivity index (χ2n) is 6.15. The third kappa shape index (κ3) is 6.24. The molecule has 156 valence electrons. The van der Waals surface area contributed by atoms with E-state index in [2.05, 4.69) is 25.2 Å². The van der Waals surface area contributed by atoms with Crippen molar-refractivity contribution >= 4 is 35.6 Å². The Balaban J connectivity index is 0.00000300. The Morgan fingerprint density at radius 1 is 1.21 bits per heavy atom. The third-order valence-corrected chi connectivity index (χ3v) is 4.16. The number of rotatable bonds is 7. The zero-order valence-corrected chi connectivity index (χ0v) is 18.5. The maximum atomic E-state index is 12.2. The zero-order valence-electron chi connectivity index (χ0n) is 16.1. The van der Waals surface area contributed by atoms with Crippen molar-refractivity contribution in [3.63, 3.8) is 0 Å². The van der Waals surface area contributed by atoms with E-state index in [1.54, 1.807) is 19.2 Å². The van der Waals surface area contributed by atoms with E-state index in [0.29, 0.717) is 19.5 Å². The van der Waals surface area contributed by atoms with Gasteiger partial charge < -0.3 is 15.0 Å². The number of nitrogens with one attached hydrogen (secondary N) is 1. The molecule has 2 aromatic heterocycles. The lowest BCUT2D eigenvalue weighted by molar-refractivity contribution is -0.0498. The highest BCUT2D eigenvalue weighted by Gasteiger charge is 2.09. The number of ether oxygens (including phenoxy) is 1. The smallest absolute Gasteiger partial charge is 0.387 e. The normalized spacial score (nSPS) is 11.4. The van der Waals surface area contributed by atoms with E-state index in [0.717, 1.165) is 23.0 Å². The van der Waals surface area contributed by atoms with E-state index in [1.807, 2.05) is 40.7 Å². The van der Waals surface area contributed by atoms with Gasteiger partial charge in [0.1, 0.15) is 11.6 Å². The summed E-state index contributed by atoms with van der Waals surface area (Å²) in [5, 5.41) is 11.7. The minimum Gasteiger partial charge on any atom is -0.435 e. The topological polar surface area (TPSA) is 67.0 Å². The molecule has 0 unspecified atom stereocenters. The first-order valence-electron chi connectivity index (χ1n) is 8.81. The molecule has 0 saturated heterocycles. The van der Waals surface area contributed by atoms with Crippen LogP contribution >= 0.6 is 24.0 Å². The van der Waals surface area contributed by atoms with Crippen LogP contribution in [0.3, 0.4) is 0 Å². The minimum atomic E-state index is -2.82. The fraction of sp³-hybridized carbons (Fsp3) is 0.316. The van der Waals surface area contributed by atoms with Gasteiger partial charge in [0.25, 0.3) is 0 Å². The highest BCUT2D eigenvalue weighted by Crippen LogP contribution is 2.15. The number of alkyl halides is 2. The number of hydrogen-bond donors (Lipinski definition) is 1. The van der Waals surface area contributed by atoms with Crippen molar-refractivity contribution in [1.82, 2.24) is 24.8 Å². The Labute approximate surface area is 184 Å². The van der Waals surface area contributed by atoms with Gasteiger partial charge in [0.05, 0.1) is 0 Å². The predicted octanol–water partition coefficient (Wildman–Crippen LogP) is 3.20. The largest absolute Gasteiger partial charge is 0.435 e. The Hall–Kier alpha value is -2.50. The molecule has 1 aromatic carbocycles. The number of benzene rings is 1. The quantitative estimate of drug-likeness (QED) is 0.297. The molecule has 1 N–H and O–H groups in total. The maximum absolute atomic E-state index is 12.2. The van der Waals surface area contributed by atoms with E-state index in [1.165, 1.54) is 12.1 Å². The van der Waals surface area contributed by atoms with E-state index < -0.39 is 6.61 Å². The standard InChI is InChI=1S/C19H22F2N6O.HI/c1-22-19(23-11-10-17-25-24-16-5-3-4-12-27(16)17)26(2)13-14-6-8-15(9-7-14)28-18(20)21;/h3-9,12,18H,10-11,13H2,1-2H3,(H,22,23);1H. The van der Waals surface area contributed by atoms with Crippen LogP contribution < -0.4 is 10.1 Å². The third-order valence-electron chi connectivity index (χ3n) is 4.16. The number of hydrogen-bond acceptors (Lipinski definition) is 4. The van der Waals surface area contributed by atoms with Gasteiger partial charge in [-0.3, -0.25) is 9.39 Å². The summed E-state index contributed by atoms with van der Waals surface area (Å²) in [4.78, 5) is 6.24. The number of aromatic nitrogens is 3. The number of fused-ring (bicyclic) bond motifs is 1. The van der Waals surface area contributed by atoms with Crippen LogP contribution in [-0.4, -0.2) is 52.7 Å². The lowest BCUT2D eigenvalue weighted by atomic mass is 10.2. The second-order valence-corrected chi connectivity index (χ2v) is 6.15. The molecule has 0 fully saturated rings. The fourth-order valence-electron chi connectivity index (χ4n) is 2.86. The molecule has 10 heteroatoms. The van der Waals surface area contributed by atoms with Crippen molar-refractivity contribution in [3.8, 4) is 5.75 Å². The van der Waals surface area contributed by atoms with Gasteiger partial charge in [-0.25, -0.2) is 0 Å². The molecule has 0 aliphatic carbocycles. The molecule has 0 aliphatic heterocycles. The summed E-state index contributed by atoms with van der Waals surface area (Å²) in [5.41, 5.74) is 1.77. The second kappa shape index (κ2) is 10.9. The van der Waals surface area contributed by atoms with Gasteiger partial charge in [0.2, 0.25) is 0 Å². The molecule has 0 aliphatic rings. The number of pyridine rings is 1. The van der Waals surface area contributed by atoms with Crippen molar-refractivity contribution in [2.45, 2.75) is 19.6 Å². The van der Waals surface area contributed by atoms with Crippen LogP contribution in [0, 0.1) is 0 Å². The molecule has 3 rings (SSSR count). The van der Waals surface area contributed by atoms with Gasteiger partial charge in [-0.2, -0.15) is 8.78 Å². The summed E-state index contributed by atoms with van der Waals surface area (Å²) in [6, 6.07) is 12.3. The van der Waals surface area contributed by atoms with E-state index in [4.69, 9.17) is 0 Å². The first-order chi connectivity index (χ1) is 13.6. The summed E-state index contributed by atoms with van der Waals surface area (Å²) in [5.74, 6) is 1.74. The maximum Gasteiger partial charge on any atom is 0.387 e. The highest BCUT2D eigenvalue weighted by atomic mass is 127. The van der Waals surface area contributed by atoms with Crippen LogP contribution in [0.1, 0.15) is 11.4 Å². The van der Waals surface area contributed by atoms with Gasteiger partial charge in [0.15, 0.2) is 11.6 Å². The molecular formula is C19H23F2IN6O. The molecule has 0 atom stereocenters. The fourth-order valence-corrected chi connectivity index (χ4v) is 2.86. The summed E-state index contributed by atoms with van der Waals surface area (Å²) in [6.07, 6.45) is 2.63. The van der Waals surface area contributed by atoms with Crippen LogP contribution in [0.2, 0.25) is 0 Å². The Morgan fingerprint density at radius 3 is 2.66 bits per heavy atom. The molecule has 29 heavy (non-hydrogen) atoms. The number of halogens is 3. The molecular weight excluding hydrogens is 493 g/mol. The summed E-state index contributed by atoms with van der Waals surface area (Å²) in [6.45, 7) is -1.60. The summed E-state index contributed by atoms with van der Waals surface area (Å²) >= 11 is 0. The highest BCUT2D eigenvalue weighted by molar-refractivity contribution is 14.0. The molecule has 0 amide bonds. The van der Waals surface area contributed by atoms with Gasteiger partial charge in [-0.1, -0.05) is 18.2 Å². The van der Waals surface area contributed by atoms with Gasteiger partial charge >= 0.3 is 6.61 Å².